The summed E-state index contributed by atoms with van der Waals surface area (Å²) in [5.74, 6) is 2.10. The van der Waals surface area contributed by atoms with Gasteiger partial charge in [-0.1, -0.05) is 12.1 Å². The van der Waals surface area contributed by atoms with E-state index in [1.54, 1.807) is 39.5 Å². The third-order valence-electron chi connectivity index (χ3n) is 3.74. The maximum Gasteiger partial charge on any atom is 0.239 e. The Bertz CT molecular complexity index is 686. The fourth-order valence-corrected chi connectivity index (χ4v) is 2.33. The van der Waals surface area contributed by atoms with Crippen LogP contribution in [0.4, 0.5) is 5.69 Å². The first-order chi connectivity index (χ1) is 12.2. The smallest absolute Gasteiger partial charge is 0.239 e. The Morgan fingerprint density at radius 2 is 1.60 bits per heavy atom. The highest BCUT2D eigenvalue weighted by Crippen LogP contribution is 2.28. The van der Waals surface area contributed by atoms with Gasteiger partial charge in [-0.3, -0.25) is 4.79 Å². The van der Waals surface area contributed by atoms with Gasteiger partial charge in [-0.05, 0) is 36.2 Å². The summed E-state index contributed by atoms with van der Waals surface area (Å²) < 4.78 is 15.6. The highest BCUT2D eigenvalue weighted by atomic mass is 16.5. The minimum absolute atomic E-state index is 0.0848. The molecule has 0 atom stereocenters. The first-order valence-electron chi connectivity index (χ1n) is 8.01. The molecule has 0 aliphatic rings. The number of methoxy groups -OCH3 is 3. The van der Waals surface area contributed by atoms with Crippen LogP contribution in [0.3, 0.4) is 0 Å². The van der Waals surface area contributed by atoms with Crippen molar-refractivity contribution in [3.63, 3.8) is 0 Å². The molecule has 0 saturated carbocycles. The van der Waals surface area contributed by atoms with Gasteiger partial charge < -0.3 is 24.8 Å². The van der Waals surface area contributed by atoms with Crippen LogP contribution in [0.15, 0.2) is 42.5 Å². The van der Waals surface area contributed by atoms with Crippen molar-refractivity contribution in [2.24, 2.45) is 0 Å². The van der Waals surface area contributed by atoms with Gasteiger partial charge in [0.2, 0.25) is 5.91 Å². The summed E-state index contributed by atoms with van der Waals surface area (Å²) in [4.78, 5) is 12.0. The summed E-state index contributed by atoms with van der Waals surface area (Å²) in [5, 5.41) is 5.96. The number of hydrogen-bond acceptors (Lipinski definition) is 5. The van der Waals surface area contributed by atoms with Crippen LogP contribution in [-0.2, 0) is 11.2 Å². The Morgan fingerprint density at radius 3 is 2.24 bits per heavy atom. The van der Waals surface area contributed by atoms with Crippen LogP contribution < -0.4 is 24.8 Å². The maximum absolute atomic E-state index is 12.0. The van der Waals surface area contributed by atoms with Crippen LogP contribution in [0.25, 0.3) is 0 Å². The highest BCUT2D eigenvalue weighted by molar-refractivity contribution is 5.81. The zero-order valence-electron chi connectivity index (χ0n) is 14.8. The van der Waals surface area contributed by atoms with E-state index >= 15 is 0 Å². The summed E-state index contributed by atoms with van der Waals surface area (Å²) in [6, 6.07) is 13.2. The minimum Gasteiger partial charge on any atom is -0.497 e. The molecular weight excluding hydrogens is 320 g/mol. The fraction of sp³-hybridized carbons (Fsp3) is 0.316. The van der Waals surface area contributed by atoms with Gasteiger partial charge in [0.1, 0.15) is 17.2 Å². The predicted molar refractivity (Wildman–Crippen MR) is 97.7 cm³/mol. The lowest BCUT2D eigenvalue weighted by atomic mass is 10.1. The molecule has 0 aliphatic heterocycles. The van der Waals surface area contributed by atoms with Gasteiger partial charge in [-0.25, -0.2) is 0 Å². The molecule has 2 aromatic rings. The number of hydrogen-bond donors (Lipinski definition) is 2. The van der Waals surface area contributed by atoms with Crippen LogP contribution in [-0.4, -0.2) is 40.3 Å². The van der Waals surface area contributed by atoms with E-state index in [4.69, 9.17) is 14.2 Å². The van der Waals surface area contributed by atoms with Crippen molar-refractivity contribution < 1.29 is 19.0 Å². The van der Waals surface area contributed by atoms with Gasteiger partial charge in [0.05, 0.1) is 33.6 Å². The van der Waals surface area contributed by atoms with Crippen molar-refractivity contribution in [3.05, 3.63) is 48.0 Å². The largest absolute Gasteiger partial charge is 0.497 e. The van der Waals surface area contributed by atoms with Crippen molar-refractivity contribution in [1.82, 2.24) is 5.32 Å². The third kappa shape index (κ3) is 5.60. The van der Waals surface area contributed by atoms with E-state index in [1.807, 2.05) is 24.3 Å². The summed E-state index contributed by atoms with van der Waals surface area (Å²) >= 11 is 0. The van der Waals surface area contributed by atoms with Crippen LogP contribution in [0, 0.1) is 0 Å². The number of carbonyl (C=O) groups is 1. The second-order valence-electron chi connectivity index (χ2n) is 5.37. The number of benzene rings is 2. The lowest BCUT2D eigenvalue weighted by Crippen LogP contribution is -2.31. The van der Waals surface area contributed by atoms with Crippen LogP contribution >= 0.6 is 0 Å². The van der Waals surface area contributed by atoms with Crippen LogP contribution in [0.1, 0.15) is 5.56 Å². The lowest BCUT2D eigenvalue weighted by Gasteiger charge is -2.12. The molecule has 0 aliphatic carbocycles. The second-order valence-corrected chi connectivity index (χ2v) is 5.37. The Morgan fingerprint density at radius 1 is 0.920 bits per heavy atom. The van der Waals surface area contributed by atoms with E-state index in [0.29, 0.717) is 23.7 Å². The zero-order valence-corrected chi connectivity index (χ0v) is 14.8. The normalized spacial score (nSPS) is 10.0. The monoisotopic (exact) mass is 344 g/mol. The summed E-state index contributed by atoms with van der Waals surface area (Å²) in [5.41, 5.74) is 1.86. The van der Waals surface area contributed by atoms with E-state index in [0.717, 1.165) is 17.7 Å². The molecule has 0 fully saturated rings. The molecule has 0 unspecified atom stereocenters. The quantitative estimate of drug-likeness (QED) is 0.731. The number of carbonyl (C=O) groups excluding carboxylic acids is 1. The molecule has 6 nitrogen and oxygen atoms in total. The Labute approximate surface area is 148 Å². The molecule has 0 aromatic heterocycles. The lowest BCUT2D eigenvalue weighted by molar-refractivity contribution is -0.119. The molecule has 0 radical (unpaired) electrons. The van der Waals surface area contributed by atoms with Crippen molar-refractivity contribution >= 4 is 11.6 Å². The van der Waals surface area contributed by atoms with Crippen LogP contribution in [0.5, 0.6) is 17.2 Å². The van der Waals surface area contributed by atoms with Gasteiger partial charge in [0.15, 0.2) is 0 Å². The fourth-order valence-electron chi connectivity index (χ4n) is 2.33. The number of anilines is 1. The molecule has 0 spiro atoms. The minimum atomic E-state index is -0.0848. The van der Waals surface area contributed by atoms with Crippen molar-refractivity contribution in [3.8, 4) is 17.2 Å². The van der Waals surface area contributed by atoms with Gasteiger partial charge in [0, 0.05) is 12.6 Å². The molecule has 25 heavy (non-hydrogen) atoms. The topological polar surface area (TPSA) is 68.8 Å². The zero-order chi connectivity index (χ0) is 18.1. The molecule has 2 N–H and O–H groups in total. The van der Waals surface area contributed by atoms with Crippen molar-refractivity contribution in [1.29, 1.82) is 0 Å². The first-order valence-corrected chi connectivity index (χ1v) is 8.01. The molecule has 0 bridgehead atoms. The molecule has 2 rings (SSSR count). The van der Waals surface area contributed by atoms with E-state index in [1.165, 1.54) is 0 Å². The number of ether oxygens (including phenoxy) is 3. The molecule has 0 heterocycles. The SMILES string of the molecule is COc1ccc(CCNC(=O)CNc2cc(OC)ccc2OC)cc1. The number of amides is 1. The molecule has 0 saturated heterocycles. The van der Waals surface area contributed by atoms with Gasteiger partial charge >= 0.3 is 0 Å². The average molecular weight is 344 g/mol. The molecule has 6 heteroatoms. The van der Waals surface area contributed by atoms with E-state index in [9.17, 15) is 4.79 Å². The van der Waals surface area contributed by atoms with Gasteiger partial charge in [-0.2, -0.15) is 0 Å². The maximum atomic E-state index is 12.0. The molecule has 2 aromatic carbocycles. The predicted octanol–water partition coefficient (Wildman–Crippen LogP) is 2.48. The Balaban J connectivity index is 1.78. The summed E-state index contributed by atoms with van der Waals surface area (Å²) in [7, 11) is 4.82. The third-order valence-corrected chi connectivity index (χ3v) is 3.74. The molecule has 1 amide bonds. The highest BCUT2D eigenvalue weighted by Gasteiger charge is 2.07. The summed E-state index contributed by atoms with van der Waals surface area (Å²) in [6.45, 7) is 0.730. The number of nitrogens with one attached hydrogen (secondary N) is 2. The van der Waals surface area contributed by atoms with Gasteiger partial charge in [0.25, 0.3) is 0 Å². The second kappa shape index (κ2) is 9.42. The van der Waals surface area contributed by atoms with E-state index < -0.39 is 0 Å². The standard InChI is InChI=1S/C19H24N2O4/c1-23-15-6-4-14(5-7-15)10-11-20-19(22)13-21-17-12-16(24-2)8-9-18(17)25-3/h4-9,12,21H,10-11,13H2,1-3H3,(H,20,22). The first kappa shape index (κ1) is 18.4. The van der Waals surface area contributed by atoms with Gasteiger partial charge in [-0.15, -0.1) is 0 Å². The Hall–Kier alpha value is -2.89. The summed E-state index contributed by atoms with van der Waals surface area (Å²) in [6.07, 6.45) is 0.762. The molecular formula is C19H24N2O4. The van der Waals surface area contributed by atoms with Crippen LogP contribution in [0.2, 0.25) is 0 Å². The van der Waals surface area contributed by atoms with Crippen molar-refractivity contribution in [2.45, 2.75) is 6.42 Å². The number of rotatable bonds is 9. The average Bonchev–Trinajstić information content (AvgIpc) is 2.66. The van der Waals surface area contributed by atoms with E-state index in [2.05, 4.69) is 10.6 Å². The van der Waals surface area contributed by atoms with Crippen molar-refractivity contribution in [2.75, 3.05) is 39.7 Å². The molecule has 134 valence electrons. The Kier molecular flexibility index (Phi) is 6.95. The van der Waals surface area contributed by atoms with E-state index in [-0.39, 0.29) is 12.5 Å².